The molecular formula is C20H18N4O2. The van der Waals surface area contributed by atoms with Crippen LogP contribution in [-0.2, 0) is 0 Å². The lowest BCUT2D eigenvalue weighted by atomic mass is 10.2. The van der Waals surface area contributed by atoms with Crippen molar-refractivity contribution in [1.29, 1.82) is 0 Å². The lowest BCUT2D eigenvalue weighted by Crippen LogP contribution is -1.89. The fraction of sp³-hybridized carbons (Fsp3) is 0. The first-order valence-electron chi connectivity index (χ1n) is 7.87. The van der Waals surface area contributed by atoms with Crippen LogP contribution in [0, 0.1) is 0 Å². The van der Waals surface area contributed by atoms with Crippen molar-refractivity contribution in [2.24, 2.45) is 9.98 Å². The van der Waals surface area contributed by atoms with Crippen molar-refractivity contribution < 1.29 is 10.2 Å². The molecular weight excluding hydrogens is 328 g/mol. The number of aliphatic imine (C=N–C) groups is 2. The molecule has 26 heavy (non-hydrogen) atoms. The molecule has 0 bridgehead atoms. The Morgan fingerprint density at radius 1 is 0.654 bits per heavy atom. The molecule has 6 N–H and O–H groups in total. The summed E-state index contributed by atoms with van der Waals surface area (Å²) < 4.78 is 0. The highest BCUT2D eigenvalue weighted by molar-refractivity contribution is 5.90. The Morgan fingerprint density at radius 2 is 1.08 bits per heavy atom. The van der Waals surface area contributed by atoms with Crippen LogP contribution in [0.15, 0.2) is 70.6 Å². The minimum absolute atomic E-state index is 0.0913. The van der Waals surface area contributed by atoms with E-state index in [-0.39, 0.29) is 11.5 Å². The Bertz CT molecular complexity index is 916. The molecule has 3 aromatic rings. The standard InChI is InChI=1S/C20H18N4O2/c21-15-5-7-19(25)13(9-15)11-23-17-3-1-2-4-18(17)24-12-14-10-16(22)6-8-20(14)26/h1-12,25-26H,21-22H2. The molecule has 0 radical (unpaired) electrons. The van der Waals surface area contributed by atoms with Gasteiger partial charge in [0.1, 0.15) is 11.5 Å². The van der Waals surface area contributed by atoms with Gasteiger partial charge in [-0.3, -0.25) is 9.98 Å². The summed E-state index contributed by atoms with van der Waals surface area (Å²) in [6, 6.07) is 16.8. The Labute approximate surface area is 150 Å². The molecule has 0 atom stereocenters. The summed E-state index contributed by atoms with van der Waals surface area (Å²) in [6.07, 6.45) is 3.05. The number of nitrogen functional groups attached to an aromatic ring is 2. The number of nitrogens with zero attached hydrogens (tertiary/aromatic N) is 2. The molecule has 3 rings (SSSR count). The smallest absolute Gasteiger partial charge is 0.124 e. The molecule has 0 fully saturated rings. The van der Waals surface area contributed by atoms with E-state index in [4.69, 9.17) is 11.5 Å². The predicted molar refractivity (Wildman–Crippen MR) is 106 cm³/mol. The number of hydrogen-bond acceptors (Lipinski definition) is 6. The topological polar surface area (TPSA) is 117 Å². The van der Waals surface area contributed by atoms with E-state index in [2.05, 4.69) is 9.98 Å². The summed E-state index contributed by atoms with van der Waals surface area (Å²) in [4.78, 5) is 8.78. The maximum Gasteiger partial charge on any atom is 0.124 e. The number of hydrogen-bond donors (Lipinski definition) is 4. The summed E-state index contributed by atoms with van der Waals surface area (Å²) in [5.41, 5.74) is 14.8. The van der Waals surface area contributed by atoms with Gasteiger partial charge in [0.25, 0.3) is 0 Å². The second-order valence-electron chi connectivity index (χ2n) is 5.64. The van der Waals surface area contributed by atoms with Gasteiger partial charge in [0.15, 0.2) is 0 Å². The molecule has 130 valence electrons. The number of phenolic OH excluding ortho intramolecular Hbond substituents is 2. The summed E-state index contributed by atoms with van der Waals surface area (Å²) in [5, 5.41) is 19.7. The molecule has 0 amide bonds. The number of benzene rings is 3. The molecule has 0 aliphatic rings. The number of anilines is 2. The predicted octanol–water partition coefficient (Wildman–Crippen LogP) is 3.76. The average molecular weight is 346 g/mol. The quantitative estimate of drug-likeness (QED) is 0.327. The van der Waals surface area contributed by atoms with Crippen molar-refractivity contribution in [3.63, 3.8) is 0 Å². The van der Waals surface area contributed by atoms with Crippen molar-refractivity contribution in [3.8, 4) is 11.5 Å². The first kappa shape index (κ1) is 17.0. The lowest BCUT2D eigenvalue weighted by molar-refractivity contribution is 0.474. The fourth-order valence-electron chi connectivity index (χ4n) is 2.31. The van der Waals surface area contributed by atoms with Gasteiger partial charge in [-0.2, -0.15) is 0 Å². The summed E-state index contributed by atoms with van der Waals surface area (Å²) in [7, 11) is 0. The zero-order valence-corrected chi connectivity index (χ0v) is 13.9. The van der Waals surface area contributed by atoms with Crippen molar-refractivity contribution in [2.75, 3.05) is 11.5 Å². The number of phenols is 2. The van der Waals surface area contributed by atoms with Gasteiger partial charge in [-0.05, 0) is 48.5 Å². The van der Waals surface area contributed by atoms with Crippen LogP contribution in [0.3, 0.4) is 0 Å². The molecule has 6 nitrogen and oxygen atoms in total. The van der Waals surface area contributed by atoms with E-state index in [1.807, 2.05) is 12.1 Å². The van der Waals surface area contributed by atoms with Crippen molar-refractivity contribution in [1.82, 2.24) is 0 Å². The number of nitrogens with two attached hydrogens (primary N) is 2. The third-order valence-electron chi connectivity index (χ3n) is 3.67. The van der Waals surface area contributed by atoms with Gasteiger partial charge in [-0.15, -0.1) is 0 Å². The SMILES string of the molecule is Nc1ccc(O)c(C=Nc2ccccc2N=Cc2cc(N)ccc2O)c1. The molecule has 0 aliphatic heterocycles. The molecule has 0 spiro atoms. The minimum atomic E-state index is 0.0913. The minimum Gasteiger partial charge on any atom is -0.507 e. The van der Waals surface area contributed by atoms with Gasteiger partial charge >= 0.3 is 0 Å². The van der Waals surface area contributed by atoms with Gasteiger partial charge in [0.2, 0.25) is 0 Å². The van der Waals surface area contributed by atoms with Gasteiger partial charge in [-0.25, -0.2) is 0 Å². The van der Waals surface area contributed by atoms with E-state index in [9.17, 15) is 10.2 Å². The van der Waals surface area contributed by atoms with E-state index in [0.29, 0.717) is 33.9 Å². The summed E-state index contributed by atoms with van der Waals surface area (Å²) in [5.74, 6) is 0.183. The van der Waals surface area contributed by atoms with Crippen LogP contribution >= 0.6 is 0 Å². The van der Waals surface area contributed by atoms with Crippen molar-refractivity contribution in [3.05, 3.63) is 71.8 Å². The number of rotatable bonds is 4. The van der Waals surface area contributed by atoms with E-state index in [1.54, 1.807) is 36.4 Å². The van der Waals surface area contributed by atoms with Crippen LogP contribution in [0.4, 0.5) is 22.7 Å². The average Bonchev–Trinajstić information content (AvgIpc) is 2.64. The molecule has 0 aromatic heterocycles. The van der Waals surface area contributed by atoms with Crippen molar-refractivity contribution in [2.45, 2.75) is 0 Å². The Kier molecular flexibility index (Phi) is 4.85. The van der Waals surface area contributed by atoms with Gasteiger partial charge in [0.05, 0.1) is 11.4 Å². The Morgan fingerprint density at radius 3 is 1.50 bits per heavy atom. The monoisotopic (exact) mass is 346 g/mol. The van der Waals surface area contributed by atoms with E-state index in [1.165, 1.54) is 24.6 Å². The van der Waals surface area contributed by atoms with Gasteiger partial charge in [-0.1, -0.05) is 12.1 Å². The van der Waals surface area contributed by atoms with E-state index < -0.39 is 0 Å². The maximum atomic E-state index is 9.87. The zero-order chi connectivity index (χ0) is 18.5. The second kappa shape index (κ2) is 7.40. The largest absolute Gasteiger partial charge is 0.507 e. The Hall–Kier alpha value is -3.80. The second-order valence-corrected chi connectivity index (χ2v) is 5.64. The van der Waals surface area contributed by atoms with Crippen LogP contribution in [0.25, 0.3) is 0 Å². The molecule has 3 aromatic carbocycles. The lowest BCUT2D eigenvalue weighted by Gasteiger charge is -2.03. The number of aromatic hydroxyl groups is 2. The highest BCUT2D eigenvalue weighted by Crippen LogP contribution is 2.28. The summed E-state index contributed by atoms with van der Waals surface area (Å²) in [6.45, 7) is 0. The van der Waals surface area contributed by atoms with Crippen LogP contribution in [0.5, 0.6) is 11.5 Å². The zero-order valence-electron chi connectivity index (χ0n) is 13.9. The van der Waals surface area contributed by atoms with Crippen LogP contribution in [-0.4, -0.2) is 22.6 Å². The third kappa shape index (κ3) is 3.99. The molecule has 0 heterocycles. The highest BCUT2D eigenvalue weighted by atomic mass is 16.3. The van der Waals surface area contributed by atoms with E-state index >= 15 is 0 Å². The summed E-state index contributed by atoms with van der Waals surface area (Å²) >= 11 is 0. The van der Waals surface area contributed by atoms with Crippen molar-refractivity contribution >= 4 is 35.2 Å². The first-order chi connectivity index (χ1) is 12.5. The van der Waals surface area contributed by atoms with Crippen LogP contribution < -0.4 is 11.5 Å². The van der Waals surface area contributed by atoms with Gasteiger partial charge in [0, 0.05) is 34.9 Å². The molecule has 0 unspecified atom stereocenters. The Balaban J connectivity index is 1.91. The number of para-hydroxylation sites is 2. The van der Waals surface area contributed by atoms with Crippen LogP contribution in [0.1, 0.15) is 11.1 Å². The van der Waals surface area contributed by atoms with Gasteiger partial charge < -0.3 is 21.7 Å². The molecule has 0 saturated heterocycles. The molecule has 0 aliphatic carbocycles. The highest BCUT2D eigenvalue weighted by Gasteiger charge is 2.02. The molecule has 0 saturated carbocycles. The van der Waals surface area contributed by atoms with Crippen LogP contribution in [0.2, 0.25) is 0 Å². The first-order valence-corrected chi connectivity index (χ1v) is 7.87. The molecule has 6 heteroatoms. The van der Waals surface area contributed by atoms with E-state index in [0.717, 1.165) is 0 Å². The fourth-order valence-corrected chi connectivity index (χ4v) is 2.31. The third-order valence-corrected chi connectivity index (χ3v) is 3.67. The maximum absolute atomic E-state index is 9.87. The normalized spacial score (nSPS) is 11.4.